The smallest absolute Gasteiger partial charge is 0.0800 e. The fraction of sp³-hybridized carbons (Fsp3) is 1.00. The van der Waals surface area contributed by atoms with Gasteiger partial charge in [0.25, 0.3) is 0 Å². The maximum Gasteiger partial charge on any atom is 0.0800 e. The van der Waals surface area contributed by atoms with Gasteiger partial charge in [0.15, 0.2) is 0 Å². The van der Waals surface area contributed by atoms with Crippen LogP contribution in [0.25, 0.3) is 0 Å². The molecule has 0 radical (unpaired) electrons. The van der Waals surface area contributed by atoms with Gasteiger partial charge >= 0.3 is 0 Å². The average molecular weight is 176 g/mol. The van der Waals surface area contributed by atoms with E-state index in [1.54, 1.807) is 7.11 Å². The van der Waals surface area contributed by atoms with Gasteiger partial charge in [-0.1, -0.05) is 0 Å². The minimum Gasteiger partial charge on any atom is -0.391 e. The van der Waals surface area contributed by atoms with Crippen LogP contribution >= 0.6 is 0 Å². The van der Waals surface area contributed by atoms with Crippen molar-refractivity contribution in [1.29, 1.82) is 0 Å². The number of ether oxygens (including phenoxy) is 2. The van der Waals surface area contributed by atoms with Gasteiger partial charge < -0.3 is 14.6 Å². The van der Waals surface area contributed by atoms with Crippen molar-refractivity contribution in [2.24, 2.45) is 0 Å². The van der Waals surface area contributed by atoms with Gasteiger partial charge in [0, 0.05) is 20.1 Å². The molecule has 0 aliphatic carbocycles. The summed E-state index contributed by atoms with van der Waals surface area (Å²) in [6.07, 6.45) is 0.170. The second-order valence-corrected chi connectivity index (χ2v) is 3.48. The quantitative estimate of drug-likeness (QED) is 0.661. The van der Waals surface area contributed by atoms with Gasteiger partial charge in [-0.05, 0) is 20.8 Å². The lowest BCUT2D eigenvalue weighted by molar-refractivity contribution is -0.0427. The van der Waals surface area contributed by atoms with E-state index in [-0.39, 0.29) is 5.60 Å². The minimum absolute atomic E-state index is 0.267. The van der Waals surface area contributed by atoms with E-state index in [9.17, 15) is 5.11 Å². The Balaban J connectivity index is 3.60. The van der Waals surface area contributed by atoms with E-state index in [1.165, 1.54) is 0 Å². The lowest BCUT2D eigenvalue weighted by Gasteiger charge is -2.25. The van der Waals surface area contributed by atoms with Crippen molar-refractivity contribution in [3.8, 4) is 0 Å². The molecule has 0 bridgehead atoms. The molecule has 0 amide bonds. The van der Waals surface area contributed by atoms with E-state index in [0.29, 0.717) is 19.6 Å². The van der Waals surface area contributed by atoms with Crippen molar-refractivity contribution < 1.29 is 14.6 Å². The number of methoxy groups -OCH3 is 1. The summed E-state index contributed by atoms with van der Waals surface area (Å²) in [6, 6.07) is 0. The summed E-state index contributed by atoms with van der Waals surface area (Å²) in [7, 11) is 1.65. The molecule has 1 atom stereocenters. The highest BCUT2D eigenvalue weighted by Gasteiger charge is 2.21. The third kappa shape index (κ3) is 5.52. The van der Waals surface area contributed by atoms with Gasteiger partial charge in [0.1, 0.15) is 0 Å². The minimum atomic E-state index is -0.431. The predicted octanol–water partition coefficient (Wildman–Crippen LogP) is 1.20. The van der Waals surface area contributed by atoms with E-state index in [1.807, 2.05) is 20.8 Å². The number of aliphatic hydroxyl groups is 1. The third-order valence-corrected chi connectivity index (χ3v) is 1.79. The third-order valence-electron chi connectivity index (χ3n) is 1.79. The monoisotopic (exact) mass is 176 g/mol. The van der Waals surface area contributed by atoms with E-state index < -0.39 is 6.10 Å². The summed E-state index contributed by atoms with van der Waals surface area (Å²) in [5.41, 5.74) is -0.267. The van der Waals surface area contributed by atoms with Crippen LogP contribution in [0.4, 0.5) is 0 Å². The highest BCUT2D eigenvalue weighted by atomic mass is 16.5. The number of hydrogen-bond acceptors (Lipinski definition) is 3. The van der Waals surface area contributed by atoms with E-state index >= 15 is 0 Å². The number of hydrogen-bond donors (Lipinski definition) is 1. The Bertz CT molecular complexity index is 112. The highest BCUT2D eigenvalue weighted by molar-refractivity contribution is 4.72. The van der Waals surface area contributed by atoms with Crippen LogP contribution in [0.5, 0.6) is 0 Å². The lowest BCUT2D eigenvalue weighted by Crippen LogP contribution is -2.31. The number of rotatable bonds is 6. The molecular weight excluding hydrogens is 156 g/mol. The Labute approximate surface area is 74.7 Å². The molecule has 0 saturated carbocycles. The summed E-state index contributed by atoms with van der Waals surface area (Å²) < 4.78 is 10.3. The molecule has 0 rings (SSSR count). The molecule has 1 unspecified atom stereocenters. The van der Waals surface area contributed by atoms with Crippen LogP contribution in [-0.4, -0.2) is 37.1 Å². The molecule has 0 aliphatic rings. The summed E-state index contributed by atoms with van der Waals surface area (Å²) >= 11 is 0. The molecule has 1 N–H and O–H groups in total. The molecule has 0 fully saturated rings. The van der Waals surface area contributed by atoms with Gasteiger partial charge in [-0.2, -0.15) is 0 Å². The van der Waals surface area contributed by atoms with Crippen LogP contribution < -0.4 is 0 Å². The van der Waals surface area contributed by atoms with Crippen LogP contribution in [0.3, 0.4) is 0 Å². The largest absolute Gasteiger partial charge is 0.391 e. The SMILES string of the molecule is CCOCC(O)CC(C)(C)OC. The first kappa shape index (κ1) is 11.9. The van der Waals surface area contributed by atoms with Crippen LogP contribution in [-0.2, 0) is 9.47 Å². The first-order valence-corrected chi connectivity index (χ1v) is 4.33. The molecule has 0 aliphatic heterocycles. The van der Waals surface area contributed by atoms with Gasteiger partial charge in [-0.15, -0.1) is 0 Å². The Morgan fingerprint density at radius 2 is 2.00 bits per heavy atom. The first-order chi connectivity index (χ1) is 5.52. The Kier molecular flexibility index (Phi) is 5.46. The average Bonchev–Trinajstić information content (AvgIpc) is 2.00. The fourth-order valence-electron chi connectivity index (χ4n) is 0.964. The first-order valence-electron chi connectivity index (χ1n) is 4.33. The van der Waals surface area contributed by atoms with Crippen LogP contribution in [0.1, 0.15) is 27.2 Å². The summed E-state index contributed by atoms with van der Waals surface area (Å²) in [5, 5.41) is 9.44. The zero-order valence-corrected chi connectivity index (χ0v) is 8.46. The van der Waals surface area contributed by atoms with Gasteiger partial charge in [-0.25, -0.2) is 0 Å². The van der Waals surface area contributed by atoms with Crippen molar-refractivity contribution in [1.82, 2.24) is 0 Å². The maximum atomic E-state index is 9.44. The van der Waals surface area contributed by atoms with Crippen molar-refractivity contribution in [2.45, 2.75) is 38.9 Å². The lowest BCUT2D eigenvalue weighted by atomic mass is 10.0. The Hall–Kier alpha value is -0.120. The highest BCUT2D eigenvalue weighted by Crippen LogP contribution is 2.15. The van der Waals surface area contributed by atoms with Gasteiger partial charge in [-0.3, -0.25) is 0 Å². The Morgan fingerprint density at radius 1 is 1.42 bits per heavy atom. The maximum absolute atomic E-state index is 9.44. The van der Waals surface area contributed by atoms with Crippen molar-refractivity contribution in [2.75, 3.05) is 20.3 Å². The summed E-state index contributed by atoms with van der Waals surface area (Å²) in [4.78, 5) is 0. The number of aliphatic hydroxyl groups excluding tert-OH is 1. The van der Waals surface area contributed by atoms with Gasteiger partial charge in [0.2, 0.25) is 0 Å². The molecule has 12 heavy (non-hydrogen) atoms. The predicted molar refractivity (Wildman–Crippen MR) is 48.2 cm³/mol. The van der Waals surface area contributed by atoms with Crippen molar-refractivity contribution in [3.05, 3.63) is 0 Å². The molecule has 3 nitrogen and oxygen atoms in total. The molecule has 0 saturated heterocycles. The standard InChI is InChI=1S/C9H20O3/c1-5-12-7-8(10)6-9(2,3)11-4/h8,10H,5-7H2,1-4H3. The zero-order chi connectivity index (χ0) is 9.61. The van der Waals surface area contributed by atoms with Gasteiger partial charge in [0.05, 0.1) is 18.3 Å². The van der Waals surface area contributed by atoms with Crippen LogP contribution in [0.15, 0.2) is 0 Å². The molecule has 74 valence electrons. The summed E-state index contributed by atoms with van der Waals surface area (Å²) in [6.45, 7) is 6.84. The van der Waals surface area contributed by atoms with E-state index in [4.69, 9.17) is 9.47 Å². The van der Waals surface area contributed by atoms with Crippen LogP contribution in [0.2, 0.25) is 0 Å². The van der Waals surface area contributed by atoms with Crippen molar-refractivity contribution in [3.63, 3.8) is 0 Å². The second-order valence-electron chi connectivity index (χ2n) is 3.48. The van der Waals surface area contributed by atoms with Crippen molar-refractivity contribution >= 4 is 0 Å². The molecule has 3 heteroatoms. The van der Waals surface area contributed by atoms with E-state index in [0.717, 1.165) is 0 Å². The van der Waals surface area contributed by atoms with Crippen LogP contribution in [0, 0.1) is 0 Å². The molecular formula is C9H20O3. The topological polar surface area (TPSA) is 38.7 Å². The fourth-order valence-corrected chi connectivity index (χ4v) is 0.964. The molecule has 0 aromatic heterocycles. The molecule has 0 spiro atoms. The summed E-state index contributed by atoms with van der Waals surface area (Å²) in [5.74, 6) is 0. The zero-order valence-electron chi connectivity index (χ0n) is 8.46. The van der Waals surface area contributed by atoms with E-state index in [2.05, 4.69) is 0 Å². The Morgan fingerprint density at radius 3 is 2.42 bits per heavy atom. The second kappa shape index (κ2) is 5.51. The normalized spacial score (nSPS) is 14.8. The molecule has 0 aromatic rings. The molecule has 0 aromatic carbocycles. The molecule has 0 heterocycles.